The van der Waals surface area contributed by atoms with Crippen LogP contribution in [0.2, 0.25) is 0 Å². The second-order valence-electron chi connectivity index (χ2n) is 3.24. The average Bonchev–Trinajstić information content (AvgIpc) is 2.52. The molecule has 0 N–H and O–H groups in total. The lowest BCUT2D eigenvalue weighted by Crippen LogP contribution is -2.09. The molecule has 0 amide bonds. The van der Waals surface area contributed by atoms with Gasteiger partial charge in [-0.3, -0.25) is 9.98 Å². The van der Waals surface area contributed by atoms with E-state index in [0.717, 1.165) is 19.5 Å². The molecule has 12 heavy (non-hydrogen) atoms. The van der Waals surface area contributed by atoms with Gasteiger partial charge in [-0.15, -0.1) is 0 Å². The van der Waals surface area contributed by atoms with Gasteiger partial charge in [0.25, 0.3) is 0 Å². The summed E-state index contributed by atoms with van der Waals surface area (Å²) in [4.78, 5) is 8.74. The van der Waals surface area contributed by atoms with Crippen LogP contribution in [0.1, 0.15) is 33.1 Å². The summed E-state index contributed by atoms with van der Waals surface area (Å²) in [7, 11) is 0. The van der Waals surface area contributed by atoms with Crippen LogP contribution in [-0.4, -0.2) is 25.0 Å². The maximum absolute atomic E-state index is 4.43. The Kier molecular flexibility index (Phi) is 3.98. The summed E-state index contributed by atoms with van der Waals surface area (Å²) in [6, 6.07) is 0. The van der Waals surface area contributed by atoms with Gasteiger partial charge in [0.1, 0.15) is 0 Å². The zero-order chi connectivity index (χ0) is 8.81. The molecule has 1 aliphatic heterocycles. The Balaban J connectivity index is 2.40. The van der Waals surface area contributed by atoms with Crippen LogP contribution in [0, 0.1) is 5.92 Å². The quantitative estimate of drug-likeness (QED) is 0.573. The lowest BCUT2D eigenvalue weighted by molar-refractivity contribution is 0.659. The van der Waals surface area contributed by atoms with Gasteiger partial charge in [-0.1, -0.05) is 13.8 Å². The molecule has 1 heterocycles. The molecule has 0 spiro atoms. The molecule has 1 rings (SSSR count). The molecule has 68 valence electrons. The first-order valence-electron chi connectivity index (χ1n) is 4.92. The molecular formula is C10H18N2. The summed E-state index contributed by atoms with van der Waals surface area (Å²) in [5.74, 6) is 0.686. The van der Waals surface area contributed by atoms with Crippen molar-refractivity contribution < 1.29 is 0 Å². The molecule has 1 aliphatic rings. The standard InChI is InChI=1S/C10H18N2/c1-3-6-11-8-10-9(4-2)5-7-12-10/h8-9H,3-7H2,1-2H3. The summed E-state index contributed by atoms with van der Waals surface area (Å²) in [5, 5.41) is 0. The van der Waals surface area contributed by atoms with Gasteiger partial charge in [0.15, 0.2) is 0 Å². The van der Waals surface area contributed by atoms with Crippen LogP contribution in [0.15, 0.2) is 9.98 Å². The number of aliphatic imine (C=N–C) groups is 2. The summed E-state index contributed by atoms with van der Waals surface area (Å²) < 4.78 is 0. The minimum atomic E-state index is 0.686. The first-order valence-corrected chi connectivity index (χ1v) is 4.92. The molecule has 2 heteroatoms. The van der Waals surface area contributed by atoms with Crippen molar-refractivity contribution in [2.45, 2.75) is 33.1 Å². The van der Waals surface area contributed by atoms with Crippen molar-refractivity contribution >= 4 is 11.9 Å². The van der Waals surface area contributed by atoms with Crippen LogP contribution < -0.4 is 0 Å². The number of hydrogen-bond donors (Lipinski definition) is 0. The maximum atomic E-state index is 4.43. The van der Waals surface area contributed by atoms with Gasteiger partial charge in [-0.25, -0.2) is 0 Å². The van der Waals surface area contributed by atoms with E-state index >= 15 is 0 Å². The first kappa shape index (κ1) is 9.43. The van der Waals surface area contributed by atoms with Crippen LogP contribution in [-0.2, 0) is 0 Å². The summed E-state index contributed by atoms with van der Waals surface area (Å²) in [6.07, 6.45) is 5.53. The molecular weight excluding hydrogens is 148 g/mol. The molecule has 0 aromatic carbocycles. The fourth-order valence-electron chi connectivity index (χ4n) is 1.47. The monoisotopic (exact) mass is 166 g/mol. The van der Waals surface area contributed by atoms with E-state index in [1.807, 2.05) is 6.21 Å². The molecule has 0 radical (unpaired) electrons. The minimum Gasteiger partial charge on any atom is -0.291 e. The van der Waals surface area contributed by atoms with Crippen LogP contribution in [0.25, 0.3) is 0 Å². The highest BCUT2D eigenvalue weighted by Gasteiger charge is 2.16. The molecule has 0 saturated carbocycles. The molecule has 0 fully saturated rings. The van der Waals surface area contributed by atoms with Crippen molar-refractivity contribution in [1.82, 2.24) is 0 Å². The third kappa shape index (κ3) is 2.43. The van der Waals surface area contributed by atoms with Gasteiger partial charge in [0.05, 0.1) is 5.71 Å². The molecule has 0 bridgehead atoms. The predicted octanol–water partition coefficient (Wildman–Crippen LogP) is 2.34. The van der Waals surface area contributed by atoms with Gasteiger partial charge in [0, 0.05) is 25.2 Å². The zero-order valence-corrected chi connectivity index (χ0v) is 8.08. The maximum Gasteiger partial charge on any atom is 0.0557 e. The molecule has 0 aliphatic carbocycles. The highest BCUT2D eigenvalue weighted by Crippen LogP contribution is 2.16. The van der Waals surface area contributed by atoms with E-state index in [4.69, 9.17) is 0 Å². The van der Waals surface area contributed by atoms with Crippen LogP contribution in [0.5, 0.6) is 0 Å². The summed E-state index contributed by atoms with van der Waals surface area (Å²) in [5.41, 5.74) is 1.23. The Labute approximate surface area is 74.8 Å². The van der Waals surface area contributed by atoms with E-state index in [-0.39, 0.29) is 0 Å². The molecule has 1 atom stereocenters. The number of rotatable bonds is 4. The number of hydrogen-bond acceptors (Lipinski definition) is 2. The van der Waals surface area contributed by atoms with Gasteiger partial charge in [-0.2, -0.15) is 0 Å². The van der Waals surface area contributed by atoms with Crippen molar-refractivity contribution in [2.24, 2.45) is 15.9 Å². The number of nitrogens with zero attached hydrogens (tertiary/aromatic N) is 2. The van der Waals surface area contributed by atoms with E-state index in [0.29, 0.717) is 5.92 Å². The normalized spacial score (nSPS) is 23.5. The lowest BCUT2D eigenvalue weighted by atomic mass is 10.0. The summed E-state index contributed by atoms with van der Waals surface area (Å²) >= 11 is 0. The Bertz CT molecular complexity index is 182. The van der Waals surface area contributed by atoms with Crippen LogP contribution in [0.4, 0.5) is 0 Å². The molecule has 0 saturated heterocycles. The second-order valence-corrected chi connectivity index (χ2v) is 3.24. The van der Waals surface area contributed by atoms with Crippen molar-refractivity contribution in [3.8, 4) is 0 Å². The molecule has 2 nitrogen and oxygen atoms in total. The van der Waals surface area contributed by atoms with Crippen molar-refractivity contribution in [3.05, 3.63) is 0 Å². The lowest BCUT2D eigenvalue weighted by Gasteiger charge is -2.04. The second kappa shape index (κ2) is 5.07. The summed E-state index contributed by atoms with van der Waals surface area (Å²) in [6.45, 7) is 6.31. The fraction of sp³-hybridized carbons (Fsp3) is 0.800. The van der Waals surface area contributed by atoms with Gasteiger partial charge < -0.3 is 0 Å². The Morgan fingerprint density at radius 1 is 1.58 bits per heavy atom. The topological polar surface area (TPSA) is 24.7 Å². The van der Waals surface area contributed by atoms with E-state index in [9.17, 15) is 0 Å². The van der Waals surface area contributed by atoms with Gasteiger partial charge in [0.2, 0.25) is 0 Å². The van der Waals surface area contributed by atoms with E-state index in [1.165, 1.54) is 18.6 Å². The first-order chi connectivity index (χ1) is 5.88. The van der Waals surface area contributed by atoms with Crippen molar-refractivity contribution in [1.29, 1.82) is 0 Å². The largest absolute Gasteiger partial charge is 0.291 e. The van der Waals surface area contributed by atoms with E-state index < -0.39 is 0 Å². The molecule has 0 aromatic heterocycles. The Morgan fingerprint density at radius 3 is 3.08 bits per heavy atom. The highest BCUT2D eigenvalue weighted by atomic mass is 14.8. The Morgan fingerprint density at radius 2 is 2.42 bits per heavy atom. The van der Waals surface area contributed by atoms with Crippen LogP contribution in [0.3, 0.4) is 0 Å². The van der Waals surface area contributed by atoms with E-state index in [2.05, 4.69) is 23.8 Å². The zero-order valence-electron chi connectivity index (χ0n) is 8.08. The van der Waals surface area contributed by atoms with Crippen LogP contribution >= 0.6 is 0 Å². The van der Waals surface area contributed by atoms with Crippen molar-refractivity contribution in [3.63, 3.8) is 0 Å². The third-order valence-corrected chi connectivity index (χ3v) is 2.26. The van der Waals surface area contributed by atoms with E-state index in [1.54, 1.807) is 0 Å². The van der Waals surface area contributed by atoms with Gasteiger partial charge in [-0.05, 0) is 19.3 Å². The minimum absolute atomic E-state index is 0.686. The Hall–Kier alpha value is -0.660. The smallest absolute Gasteiger partial charge is 0.0557 e. The third-order valence-electron chi connectivity index (χ3n) is 2.26. The highest BCUT2D eigenvalue weighted by molar-refractivity contribution is 6.32. The fourth-order valence-corrected chi connectivity index (χ4v) is 1.47. The SMILES string of the molecule is CCCN=CC1=NCCC1CC. The molecule has 1 unspecified atom stereocenters. The molecule has 0 aromatic rings. The van der Waals surface area contributed by atoms with Gasteiger partial charge >= 0.3 is 0 Å². The average molecular weight is 166 g/mol. The van der Waals surface area contributed by atoms with Crippen molar-refractivity contribution in [2.75, 3.05) is 13.1 Å². The predicted molar refractivity (Wildman–Crippen MR) is 54.4 cm³/mol.